The standard InChI is InChI=1S/C16H17N5O2S/c1-24(22,23)20(12-14-7-5-6-10-17-14)13-15-11-18-21(19-15)16-8-3-2-4-9-16/h2-11H,12-13H2,1H3. The number of sulfonamides is 1. The summed E-state index contributed by atoms with van der Waals surface area (Å²) in [5.41, 5.74) is 2.07. The fourth-order valence-electron chi connectivity index (χ4n) is 2.20. The molecule has 0 bridgehead atoms. The highest BCUT2D eigenvalue weighted by molar-refractivity contribution is 7.88. The van der Waals surface area contributed by atoms with Crippen molar-refractivity contribution in [3.63, 3.8) is 0 Å². The molecule has 0 aliphatic heterocycles. The maximum absolute atomic E-state index is 12.1. The molecule has 0 atom stereocenters. The first kappa shape index (κ1) is 16.3. The largest absolute Gasteiger partial charge is 0.260 e. The Labute approximate surface area is 140 Å². The van der Waals surface area contributed by atoms with Crippen LogP contribution in [0.2, 0.25) is 0 Å². The smallest absolute Gasteiger partial charge is 0.211 e. The van der Waals surface area contributed by atoms with Gasteiger partial charge in [0.05, 0.1) is 42.6 Å². The van der Waals surface area contributed by atoms with Crippen molar-refractivity contribution in [2.75, 3.05) is 6.26 Å². The SMILES string of the molecule is CS(=O)(=O)N(Cc1ccccn1)Cc1cnn(-c2ccccc2)n1. The Bertz CT molecular complexity index is 894. The van der Waals surface area contributed by atoms with Crippen molar-refractivity contribution < 1.29 is 8.42 Å². The van der Waals surface area contributed by atoms with Gasteiger partial charge in [-0.05, 0) is 24.3 Å². The van der Waals surface area contributed by atoms with Crippen LogP contribution in [0.25, 0.3) is 5.69 Å². The number of nitrogens with zero attached hydrogens (tertiary/aromatic N) is 5. The second-order valence-electron chi connectivity index (χ2n) is 5.31. The van der Waals surface area contributed by atoms with Gasteiger partial charge in [-0.1, -0.05) is 24.3 Å². The van der Waals surface area contributed by atoms with Crippen molar-refractivity contribution in [1.82, 2.24) is 24.3 Å². The van der Waals surface area contributed by atoms with Gasteiger partial charge in [-0.3, -0.25) is 4.98 Å². The van der Waals surface area contributed by atoms with Gasteiger partial charge in [0.25, 0.3) is 0 Å². The third-order valence-corrected chi connectivity index (χ3v) is 4.59. The third kappa shape index (κ3) is 4.03. The van der Waals surface area contributed by atoms with Crippen molar-refractivity contribution in [2.45, 2.75) is 13.1 Å². The number of para-hydroxylation sites is 1. The van der Waals surface area contributed by atoms with E-state index in [1.165, 1.54) is 15.4 Å². The van der Waals surface area contributed by atoms with Crippen LogP contribution in [0, 0.1) is 0 Å². The first-order chi connectivity index (χ1) is 11.5. The average molecular weight is 343 g/mol. The minimum atomic E-state index is -3.40. The Morgan fingerprint density at radius 2 is 1.71 bits per heavy atom. The molecule has 8 heteroatoms. The predicted octanol–water partition coefficient (Wildman–Crippen LogP) is 1.62. The number of aromatic nitrogens is 4. The van der Waals surface area contributed by atoms with E-state index in [9.17, 15) is 8.42 Å². The van der Waals surface area contributed by atoms with Crippen LogP contribution in [0.3, 0.4) is 0 Å². The Morgan fingerprint density at radius 3 is 2.38 bits per heavy atom. The summed E-state index contributed by atoms with van der Waals surface area (Å²) in [5.74, 6) is 0. The number of hydrogen-bond donors (Lipinski definition) is 0. The van der Waals surface area contributed by atoms with E-state index in [1.807, 2.05) is 36.4 Å². The first-order valence-electron chi connectivity index (χ1n) is 7.34. The van der Waals surface area contributed by atoms with Crippen LogP contribution in [0.1, 0.15) is 11.4 Å². The number of benzene rings is 1. The molecule has 3 rings (SSSR count). The highest BCUT2D eigenvalue weighted by Crippen LogP contribution is 2.11. The van der Waals surface area contributed by atoms with E-state index in [1.54, 1.807) is 24.5 Å². The molecule has 2 heterocycles. The molecule has 2 aromatic heterocycles. The lowest BCUT2D eigenvalue weighted by Crippen LogP contribution is -2.29. The molecule has 0 N–H and O–H groups in total. The van der Waals surface area contributed by atoms with Crippen molar-refractivity contribution >= 4 is 10.0 Å². The van der Waals surface area contributed by atoms with Crippen LogP contribution in [-0.4, -0.2) is 39.0 Å². The van der Waals surface area contributed by atoms with Crippen LogP contribution in [0.5, 0.6) is 0 Å². The average Bonchev–Trinajstić information content (AvgIpc) is 3.04. The second-order valence-corrected chi connectivity index (χ2v) is 7.30. The van der Waals surface area contributed by atoms with Gasteiger partial charge in [0.2, 0.25) is 10.0 Å². The van der Waals surface area contributed by atoms with E-state index in [4.69, 9.17) is 0 Å². The summed E-state index contributed by atoms with van der Waals surface area (Å²) in [6, 6.07) is 14.9. The maximum Gasteiger partial charge on any atom is 0.211 e. The molecule has 24 heavy (non-hydrogen) atoms. The number of rotatable bonds is 6. The Kier molecular flexibility index (Phi) is 4.68. The van der Waals surface area contributed by atoms with Gasteiger partial charge in [0, 0.05) is 6.20 Å². The molecule has 0 aliphatic rings. The van der Waals surface area contributed by atoms with E-state index in [0.717, 1.165) is 5.69 Å². The lowest BCUT2D eigenvalue weighted by Gasteiger charge is -2.18. The lowest BCUT2D eigenvalue weighted by atomic mass is 10.3. The summed E-state index contributed by atoms with van der Waals surface area (Å²) in [6.45, 7) is 0.333. The molecule has 124 valence electrons. The normalized spacial score (nSPS) is 11.8. The van der Waals surface area contributed by atoms with Gasteiger partial charge in [0.15, 0.2) is 0 Å². The van der Waals surface area contributed by atoms with Crippen LogP contribution in [0.15, 0.2) is 60.9 Å². The predicted molar refractivity (Wildman–Crippen MR) is 89.7 cm³/mol. The van der Waals surface area contributed by atoms with Crippen molar-refractivity contribution in [3.8, 4) is 5.69 Å². The van der Waals surface area contributed by atoms with E-state index < -0.39 is 10.0 Å². The molecule has 0 amide bonds. The molecule has 3 aromatic rings. The summed E-state index contributed by atoms with van der Waals surface area (Å²) >= 11 is 0. The van der Waals surface area contributed by atoms with Crippen molar-refractivity contribution in [1.29, 1.82) is 0 Å². The summed E-state index contributed by atoms with van der Waals surface area (Å²) in [6.07, 6.45) is 4.39. The minimum Gasteiger partial charge on any atom is -0.260 e. The van der Waals surface area contributed by atoms with Gasteiger partial charge in [0.1, 0.15) is 0 Å². The Morgan fingerprint density at radius 1 is 1.00 bits per heavy atom. The minimum absolute atomic E-state index is 0.141. The summed E-state index contributed by atoms with van der Waals surface area (Å²) in [5, 5.41) is 8.55. The van der Waals surface area contributed by atoms with Crippen molar-refractivity contribution in [2.24, 2.45) is 0 Å². The Hall–Kier alpha value is -2.58. The van der Waals surface area contributed by atoms with E-state index in [-0.39, 0.29) is 13.1 Å². The quantitative estimate of drug-likeness (QED) is 0.679. The van der Waals surface area contributed by atoms with Crippen LogP contribution in [0.4, 0.5) is 0 Å². The molecule has 0 aliphatic carbocycles. The van der Waals surface area contributed by atoms with Crippen LogP contribution < -0.4 is 0 Å². The maximum atomic E-state index is 12.1. The van der Waals surface area contributed by atoms with Gasteiger partial charge < -0.3 is 0 Å². The fraction of sp³-hybridized carbons (Fsp3) is 0.188. The molecular formula is C16H17N5O2S. The van der Waals surface area contributed by atoms with E-state index >= 15 is 0 Å². The molecule has 0 spiro atoms. The zero-order chi connectivity index (χ0) is 17.0. The topological polar surface area (TPSA) is 81.0 Å². The highest BCUT2D eigenvalue weighted by atomic mass is 32.2. The summed E-state index contributed by atoms with van der Waals surface area (Å²) in [7, 11) is -3.40. The molecule has 0 radical (unpaired) electrons. The fourth-order valence-corrected chi connectivity index (χ4v) is 2.93. The molecule has 1 aromatic carbocycles. The number of hydrogen-bond acceptors (Lipinski definition) is 5. The van der Waals surface area contributed by atoms with E-state index in [2.05, 4.69) is 15.2 Å². The summed E-state index contributed by atoms with van der Waals surface area (Å²) in [4.78, 5) is 5.66. The molecular weight excluding hydrogens is 326 g/mol. The molecule has 0 saturated heterocycles. The lowest BCUT2D eigenvalue weighted by molar-refractivity contribution is 0.395. The molecule has 0 fully saturated rings. The van der Waals surface area contributed by atoms with E-state index in [0.29, 0.717) is 11.4 Å². The van der Waals surface area contributed by atoms with Crippen molar-refractivity contribution in [3.05, 3.63) is 72.3 Å². The second kappa shape index (κ2) is 6.90. The zero-order valence-electron chi connectivity index (χ0n) is 13.1. The van der Waals surface area contributed by atoms with Crippen LogP contribution in [-0.2, 0) is 23.1 Å². The first-order valence-corrected chi connectivity index (χ1v) is 9.19. The molecule has 0 saturated carbocycles. The van der Waals surface area contributed by atoms with Gasteiger partial charge in [-0.25, -0.2) is 8.42 Å². The highest BCUT2D eigenvalue weighted by Gasteiger charge is 2.19. The van der Waals surface area contributed by atoms with Gasteiger partial charge >= 0.3 is 0 Å². The monoisotopic (exact) mass is 343 g/mol. The number of pyridine rings is 1. The molecule has 0 unspecified atom stereocenters. The van der Waals surface area contributed by atoms with Gasteiger partial charge in [-0.15, -0.1) is 0 Å². The Balaban J connectivity index is 1.80. The molecule has 7 nitrogen and oxygen atoms in total. The zero-order valence-corrected chi connectivity index (χ0v) is 14.0. The van der Waals surface area contributed by atoms with Crippen LogP contribution >= 0.6 is 0 Å². The summed E-state index contributed by atoms with van der Waals surface area (Å²) < 4.78 is 25.4. The third-order valence-electron chi connectivity index (χ3n) is 3.40. The van der Waals surface area contributed by atoms with Gasteiger partial charge in [-0.2, -0.15) is 19.3 Å².